The summed E-state index contributed by atoms with van der Waals surface area (Å²) in [4.78, 5) is 21.9. The van der Waals surface area contributed by atoms with Gasteiger partial charge in [-0.1, -0.05) is 0 Å². The second kappa shape index (κ2) is 4.80. The van der Waals surface area contributed by atoms with Crippen LogP contribution < -0.4 is 0 Å². The molecule has 0 spiro atoms. The normalized spacial score (nSPS) is 14.2. The van der Waals surface area contributed by atoms with Gasteiger partial charge in [0.1, 0.15) is 6.10 Å². The molecule has 0 radical (unpaired) electrons. The van der Waals surface area contributed by atoms with E-state index in [9.17, 15) is 9.59 Å². The number of rotatable bonds is 4. The average molecular weight is 228 g/mol. The number of hydrogen-bond acceptors (Lipinski definition) is 5. The van der Waals surface area contributed by atoms with E-state index in [1.54, 1.807) is 0 Å². The van der Waals surface area contributed by atoms with Crippen LogP contribution in [0.5, 0.6) is 0 Å². The van der Waals surface area contributed by atoms with E-state index in [-0.39, 0.29) is 11.5 Å². The van der Waals surface area contributed by atoms with Crippen LogP contribution in [0.15, 0.2) is 16.5 Å². The summed E-state index contributed by atoms with van der Waals surface area (Å²) in [6.45, 7) is 2.99. The number of ether oxygens (including phenoxy) is 1. The van der Waals surface area contributed by atoms with Crippen molar-refractivity contribution in [1.82, 2.24) is 0 Å². The molecule has 1 heterocycles. The summed E-state index contributed by atoms with van der Waals surface area (Å²) in [6.07, 6.45) is -1.50. The number of aromatic carboxylic acids is 1. The second-order valence-corrected chi connectivity index (χ2v) is 3.32. The molecule has 0 aromatic carbocycles. The largest absolute Gasteiger partial charge is 0.475 e. The molecular weight excluding hydrogens is 216 g/mol. The number of aliphatic hydroxyl groups is 1. The first-order valence-electron chi connectivity index (χ1n) is 4.64. The van der Waals surface area contributed by atoms with Crippen molar-refractivity contribution >= 4 is 11.9 Å². The molecule has 0 saturated heterocycles. The van der Waals surface area contributed by atoms with Gasteiger partial charge in [-0.2, -0.15) is 0 Å². The molecule has 0 saturated carbocycles. The predicted octanol–water partition coefficient (Wildman–Crippen LogP) is 0.904. The minimum Gasteiger partial charge on any atom is -0.475 e. The summed E-state index contributed by atoms with van der Waals surface area (Å²) in [5.41, 5.74) is 0. The molecular formula is C10H12O6. The molecule has 1 aromatic rings. The molecule has 1 aromatic heterocycles. The van der Waals surface area contributed by atoms with Crippen LogP contribution in [0.1, 0.15) is 35.0 Å². The van der Waals surface area contributed by atoms with Gasteiger partial charge < -0.3 is 19.4 Å². The van der Waals surface area contributed by atoms with Gasteiger partial charge in [0.05, 0.1) is 6.10 Å². The van der Waals surface area contributed by atoms with Gasteiger partial charge in [0.25, 0.3) is 0 Å². The lowest BCUT2D eigenvalue weighted by Gasteiger charge is -2.14. The van der Waals surface area contributed by atoms with Crippen LogP contribution >= 0.6 is 0 Å². The highest BCUT2D eigenvalue weighted by Crippen LogP contribution is 2.11. The lowest BCUT2D eigenvalue weighted by Crippen LogP contribution is -2.25. The summed E-state index contributed by atoms with van der Waals surface area (Å²) in [5.74, 6) is -2.61. The summed E-state index contributed by atoms with van der Waals surface area (Å²) < 4.78 is 9.55. The lowest BCUT2D eigenvalue weighted by molar-refractivity contribution is -0.00737. The van der Waals surface area contributed by atoms with E-state index in [0.717, 1.165) is 6.07 Å². The van der Waals surface area contributed by atoms with Crippen molar-refractivity contribution in [3.8, 4) is 0 Å². The monoisotopic (exact) mass is 228 g/mol. The van der Waals surface area contributed by atoms with Crippen LogP contribution in [-0.2, 0) is 4.74 Å². The Bertz CT molecular complexity index is 392. The van der Waals surface area contributed by atoms with Crippen LogP contribution in [0.25, 0.3) is 0 Å². The molecule has 16 heavy (non-hydrogen) atoms. The van der Waals surface area contributed by atoms with Crippen molar-refractivity contribution in [3.05, 3.63) is 23.7 Å². The van der Waals surface area contributed by atoms with E-state index < -0.39 is 24.1 Å². The third kappa shape index (κ3) is 2.83. The third-order valence-electron chi connectivity index (χ3n) is 1.99. The third-order valence-corrected chi connectivity index (χ3v) is 1.99. The number of esters is 1. The first-order valence-corrected chi connectivity index (χ1v) is 4.64. The van der Waals surface area contributed by atoms with Gasteiger partial charge in [-0.3, -0.25) is 0 Å². The Labute approximate surface area is 91.4 Å². The summed E-state index contributed by atoms with van der Waals surface area (Å²) in [5, 5.41) is 17.7. The number of carbonyl (C=O) groups excluding carboxylic acids is 1. The molecule has 0 amide bonds. The highest BCUT2D eigenvalue weighted by Gasteiger charge is 2.20. The molecule has 0 aliphatic heterocycles. The average Bonchev–Trinajstić information content (AvgIpc) is 2.65. The first-order chi connectivity index (χ1) is 7.41. The predicted molar refractivity (Wildman–Crippen MR) is 52.2 cm³/mol. The molecule has 2 unspecified atom stereocenters. The zero-order chi connectivity index (χ0) is 12.3. The zero-order valence-electron chi connectivity index (χ0n) is 8.84. The van der Waals surface area contributed by atoms with E-state index >= 15 is 0 Å². The summed E-state index contributed by atoms with van der Waals surface area (Å²) in [7, 11) is 0. The Morgan fingerprint density at radius 1 is 1.31 bits per heavy atom. The first kappa shape index (κ1) is 12.3. The van der Waals surface area contributed by atoms with Gasteiger partial charge in [-0.15, -0.1) is 0 Å². The van der Waals surface area contributed by atoms with Crippen molar-refractivity contribution in [2.24, 2.45) is 0 Å². The van der Waals surface area contributed by atoms with Gasteiger partial charge in [0.2, 0.25) is 11.5 Å². The van der Waals surface area contributed by atoms with Crippen molar-refractivity contribution in [1.29, 1.82) is 0 Å². The van der Waals surface area contributed by atoms with E-state index in [4.69, 9.17) is 19.4 Å². The zero-order valence-corrected chi connectivity index (χ0v) is 8.84. The smallest absolute Gasteiger partial charge is 0.374 e. The number of carboxylic acid groups (broad SMARTS) is 1. The van der Waals surface area contributed by atoms with Crippen LogP contribution in [0, 0.1) is 0 Å². The van der Waals surface area contributed by atoms with Crippen molar-refractivity contribution in [2.75, 3.05) is 0 Å². The maximum atomic E-state index is 11.4. The van der Waals surface area contributed by atoms with E-state index in [2.05, 4.69) is 0 Å². The van der Waals surface area contributed by atoms with Gasteiger partial charge in [0, 0.05) is 0 Å². The highest BCUT2D eigenvalue weighted by atomic mass is 16.6. The fraction of sp³-hybridized carbons (Fsp3) is 0.400. The number of carbonyl (C=O) groups is 2. The van der Waals surface area contributed by atoms with Crippen molar-refractivity contribution < 1.29 is 29.0 Å². The Morgan fingerprint density at radius 2 is 1.88 bits per heavy atom. The van der Waals surface area contributed by atoms with Crippen LogP contribution in [0.3, 0.4) is 0 Å². The molecule has 1 rings (SSSR count). The molecule has 0 bridgehead atoms. The molecule has 2 N–H and O–H groups in total. The van der Waals surface area contributed by atoms with Crippen molar-refractivity contribution in [3.63, 3.8) is 0 Å². The van der Waals surface area contributed by atoms with Crippen LogP contribution in [0.2, 0.25) is 0 Å². The molecule has 6 heteroatoms. The second-order valence-electron chi connectivity index (χ2n) is 3.32. The Hall–Kier alpha value is -1.82. The van der Waals surface area contributed by atoms with E-state index in [0.29, 0.717) is 0 Å². The SMILES string of the molecule is CC(O)C(C)OC(=O)c1ccc(C(=O)O)o1. The standard InChI is InChI=1S/C10H12O6/c1-5(11)6(2)15-10(14)8-4-3-7(16-8)9(12)13/h3-6,11H,1-2H3,(H,12,13). The van der Waals surface area contributed by atoms with Crippen molar-refractivity contribution in [2.45, 2.75) is 26.1 Å². The number of hydrogen-bond donors (Lipinski definition) is 2. The highest BCUT2D eigenvalue weighted by molar-refractivity contribution is 5.90. The molecule has 0 fully saturated rings. The molecule has 0 aliphatic carbocycles. The quantitative estimate of drug-likeness (QED) is 0.743. The fourth-order valence-corrected chi connectivity index (χ4v) is 0.888. The Kier molecular flexibility index (Phi) is 3.68. The number of furan rings is 1. The summed E-state index contributed by atoms with van der Waals surface area (Å²) >= 11 is 0. The van der Waals surface area contributed by atoms with Crippen LogP contribution in [-0.4, -0.2) is 34.4 Å². The molecule has 2 atom stereocenters. The summed E-state index contributed by atoms with van der Waals surface area (Å²) in [6, 6.07) is 2.37. The maximum Gasteiger partial charge on any atom is 0.374 e. The van der Waals surface area contributed by atoms with Crippen LogP contribution in [0.4, 0.5) is 0 Å². The maximum absolute atomic E-state index is 11.4. The minimum atomic E-state index is -1.26. The molecule has 0 aliphatic rings. The van der Waals surface area contributed by atoms with Gasteiger partial charge in [-0.05, 0) is 26.0 Å². The fourth-order valence-electron chi connectivity index (χ4n) is 0.888. The topological polar surface area (TPSA) is 97.0 Å². The van der Waals surface area contributed by atoms with Gasteiger partial charge in [-0.25, -0.2) is 9.59 Å². The Morgan fingerprint density at radius 3 is 2.31 bits per heavy atom. The number of carboxylic acids is 1. The number of aliphatic hydroxyl groups excluding tert-OH is 1. The lowest BCUT2D eigenvalue weighted by atomic mass is 10.2. The Balaban J connectivity index is 2.70. The van der Waals surface area contributed by atoms with E-state index in [1.807, 2.05) is 0 Å². The molecule has 88 valence electrons. The van der Waals surface area contributed by atoms with E-state index in [1.165, 1.54) is 19.9 Å². The van der Waals surface area contributed by atoms with Gasteiger partial charge in [0.15, 0.2) is 0 Å². The van der Waals surface area contributed by atoms with Gasteiger partial charge >= 0.3 is 11.9 Å². The molecule has 6 nitrogen and oxygen atoms in total. The minimum absolute atomic E-state index is 0.204.